The molecule has 0 amide bonds. The summed E-state index contributed by atoms with van der Waals surface area (Å²) in [6.07, 6.45) is 0.898. The predicted octanol–water partition coefficient (Wildman–Crippen LogP) is 2.24. The fraction of sp³-hybridized carbons (Fsp3) is 0.455. The molecule has 0 radical (unpaired) electrons. The molecule has 0 fully saturated rings. The molecule has 0 saturated heterocycles. The van der Waals surface area contributed by atoms with Crippen LogP contribution in [0.25, 0.3) is 0 Å². The molecule has 16 heavy (non-hydrogen) atoms. The Morgan fingerprint density at radius 2 is 2.06 bits per heavy atom. The molecule has 1 aromatic rings. The van der Waals surface area contributed by atoms with Crippen molar-refractivity contribution in [2.75, 3.05) is 20.8 Å². The second kappa shape index (κ2) is 8.11. The monoisotopic (exact) mass is 357 g/mol. The van der Waals surface area contributed by atoms with Crippen molar-refractivity contribution in [1.82, 2.24) is 0 Å². The number of halogens is 2. The molecular weight excluding hydrogens is 340 g/mol. The maximum absolute atomic E-state index is 5.57. The summed E-state index contributed by atoms with van der Waals surface area (Å²) in [4.78, 5) is 0. The molecule has 1 atom stereocenters. The second-order valence-electron chi connectivity index (χ2n) is 3.27. The van der Waals surface area contributed by atoms with Gasteiger partial charge in [-0.3, -0.25) is 0 Å². The lowest BCUT2D eigenvalue weighted by Gasteiger charge is -2.13. The van der Waals surface area contributed by atoms with Crippen molar-refractivity contribution in [2.45, 2.75) is 12.5 Å². The van der Waals surface area contributed by atoms with Crippen molar-refractivity contribution >= 4 is 35.0 Å². The van der Waals surface area contributed by atoms with Crippen LogP contribution in [0.5, 0.6) is 5.75 Å². The Morgan fingerprint density at radius 3 is 2.56 bits per heavy atom. The van der Waals surface area contributed by atoms with Gasteiger partial charge in [0.1, 0.15) is 5.75 Å². The molecule has 2 N–H and O–H groups in total. The summed E-state index contributed by atoms with van der Waals surface area (Å²) in [5.74, 6) is 0.903. The van der Waals surface area contributed by atoms with Gasteiger partial charge in [0.05, 0.1) is 16.8 Å². The minimum absolute atomic E-state index is 0. The topological polar surface area (TPSA) is 44.5 Å². The van der Waals surface area contributed by atoms with Crippen molar-refractivity contribution in [3.8, 4) is 5.75 Å². The van der Waals surface area contributed by atoms with Gasteiger partial charge in [0.15, 0.2) is 0 Å². The van der Waals surface area contributed by atoms with Gasteiger partial charge in [0.2, 0.25) is 0 Å². The van der Waals surface area contributed by atoms with Crippen molar-refractivity contribution in [2.24, 2.45) is 5.73 Å². The Hall–Kier alpha value is -0.0400. The molecule has 1 rings (SSSR count). The highest BCUT2D eigenvalue weighted by atomic mass is 127. The van der Waals surface area contributed by atoms with Gasteiger partial charge in [-0.2, -0.15) is 0 Å². The fourth-order valence-corrected chi connectivity index (χ4v) is 1.91. The molecule has 0 heterocycles. The normalized spacial score (nSPS) is 11.8. The van der Waals surface area contributed by atoms with Gasteiger partial charge < -0.3 is 15.2 Å². The molecule has 0 bridgehead atoms. The van der Waals surface area contributed by atoms with E-state index in [4.69, 9.17) is 15.2 Å². The zero-order valence-corrected chi connectivity index (χ0v) is 12.4. The Bertz CT molecular complexity index is 319. The van der Waals surface area contributed by atoms with Gasteiger partial charge in [0, 0.05) is 13.7 Å². The SMILES string of the molecule is COc1cc(CC(CN)OC)ccc1I.Cl. The van der Waals surface area contributed by atoms with Crippen LogP contribution < -0.4 is 10.5 Å². The third-order valence-corrected chi connectivity index (χ3v) is 3.17. The van der Waals surface area contributed by atoms with E-state index in [-0.39, 0.29) is 18.5 Å². The third-order valence-electron chi connectivity index (χ3n) is 2.28. The van der Waals surface area contributed by atoms with E-state index in [9.17, 15) is 0 Å². The summed E-state index contributed by atoms with van der Waals surface area (Å²) in [5, 5.41) is 0. The number of benzene rings is 1. The van der Waals surface area contributed by atoms with Crippen LogP contribution in [0.1, 0.15) is 5.56 Å². The van der Waals surface area contributed by atoms with Gasteiger partial charge >= 0.3 is 0 Å². The second-order valence-corrected chi connectivity index (χ2v) is 4.43. The lowest BCUT2D eigenvalue weighted by Crippen LogP contribution is -2.24. The van der Waals surface area contributed by atoms with Crippen molar-refractivity contribution in [3.05, 3.63) is 27.3 Å². The van der Waals surface area contributed by atoms with Crippen LogP contribution in [-0.4, -0.2) is 26.9 Å². The van der Waals surface area contributed by atoms with E-state index in [1.165, 1.54) is 5.56 Å². The minimum Gasteiger partial charge on any atom is -0.496 e. The Kier molecular flexibility index (Phi) is 8.09. The first-order chi connectivity index (χ1) is 7.21. The van der Waals surface area contributed by atoms with E-state index >= 15 is 0 Å². The fourth-order valence-electron chi connectivity index (χ4n) is 1.36. The smallest absolute Gasteiger partial charge is 0.132 e. The molecular formula is C11H17ClINO2. The van der Waals surface area contributed by atoms with Gasteiger partial charge in [0.25, 0.3) is 0 Å². The average molecular weight is 358 g/mol. The number of ether oxygens (including phenoxy) is 2. The highest BCUT2D eigenvalue weighted by Gasteiger charge is 2.08. The van der Waals surface area contributed by atoms with Gasteiger partial charge in [-0.25, -0.2) is 0 Å². The standard InChI is InChI=1S/C11H16INO2.ClH/c1-14-9(7-13)5-8-3-4-10(12)11(6-8)15-2;/h3-4,6,9H,5,7,13H2,1-2H3;1H. The van der Waals surface area contributed by atoms with Crippen molar-refractivity contribution in [1.29, 1.82) is 0 Å². The molecule has 0 aliphatic carbocycles. The highest BCUT2D eigenvalue weighted by Crippen LogP contribution is 2.22. The molecule has 0 saturated carbocycles. The van der Waals surface area contributed by atoms with Crippen LogP contribution in [0, 0.1) is 3.57 Å². The van der Waals surface area contributed by atoms with Crippen LogP contribution in [0.4, 0.5) is 0 Å². The number of rotatable bonds is 5. The zero-order valence-electron chi connectivity index (χ0n) is 9.40. The lowest BCUT2D eigenvalue weighted by atomic mass is 10.1. The first-order valence-electron chi connectivity index (χ1n) is 4.76. The van der Waals surface area contributed by atoms with E-state index in [0.29, 0.717) is 6.54 Å². The molecule has 1 unspecified atom stereocenters. The lowest BCUT2D eigenvalue weighted by molar-refractivity contribution is 0.110. The van der Waals surface area contributed by atoms with Crippen LogP contribution >= 0.6 is 35.0 Å². The molecule has 92 valence electrons. The Balaban J connectivity index is 0.00000225. The van der Waals surface area contributed by atoms with Crippen LogP contribution in [-0.2, 0) is 11.2 Å². The van der Waals surface area contributed by atoms with E-state index in [2.05, 4.69) is 28.7 Å². The summed E-state index contributed by atoms with van der Waals surface area (Å²) >= 11 is 2.25. The first kappa shape index (κ1) is 16.0. The molecule has 0 aliphatic heterocycles. The Labute approximate surface area is 116 Å². The van der Waals surface area contributed by atoms with Gasteiger partial charge in [-0.05, 0) is 46.7 Å². The maximum Gasteiger partial charge on any atom is 0.132 e. The third kappa shape index (κ3) is 4.45. The first-order valence-corrected chi connectivity index (χ1v) is 5.84. The largest absolute Gasteiger partial charge is 0.496 e. The van der Waals surface area contributed by atoms with Crippen molar-refractivity contribution < 1.29 is 9.47 Å². The summed E-state index contributed by atoms with van der Waals surface area (Å²) in [5.41, 5.74) is 6.76. The van der Waals surface area contributed by atoms with E-state index in [0.717, 1.165) is 15.7 Å². The summed E-state index contributed by atoms with van der Waals surface area (Å²) in [6, 6.07) is 6.15. The molecule has 0 aliphatic rings. The van der Waals surface area contributed by atoms with Crippen LogP contribution in [0.3, 0.4) is 0 Å². The number of hydrogen-bond donors (Lipinski definition) is 1. The predicted molar refractivity (Wildman–Crippen MR) is 76.5 cm³/mol. The van der Waals surface area contributed by atoms with E-state index in [1.54, 1.807) is 14.2 Å². The summed E-state index contributed by atoms with van der Waals surface area (Å²) in [6.45, 7) is 0.533. The molecule has 3 nitrogen and oxygen atoms in total. The zero-order chi connectivity index (χ0) is 11.3. The maximum atomic E-state index is 5.57. The molecule has 1 aromatic carbocycles. The van der Waals surface area contributed by atoms with E-state index in [1.807, 2.05) is 12.1 Å². The average Bonchev–Trinajstić information content (AvgIpc) is 2.28. The van der Waals surface area contributed by atoms with Crippen molar-refractivity contribution in [3.63, 3.8) is 0 Å². The molecule has 0 aromatic heterocycles. The van der Waals surface area contributed by atoms with E-state index < -0.39 is 0 Å². The summed E-state index contributed by atoms with van der Waals surface area (Å²) < 4.78 is 11.6. The van der Waals surface area contributed by atoms with Gasteiger partial charge in [-0.1, -0.05) is 6.07 Å². The number of hydrogen-bond acceptors (Lipinski definition) is 3. The van der Waals surface area contributed by atoms with Gasteiger partial charge in [-0.15, -0.1) is 12.4 Å². The molecule has 0 spiro atoms. The van der Waals surface area contributed by atoms with Crippen LogP contribution in [0.2, 0.25) is 0 Å². The Morgan fingerprint density at radius 1 is 1.38 bits per heavy atom. The number of nitrogens with two attached hydrogens (primary N) is 1. The quantitative estimate of drug-likeness (QED) is 0.822. The molecule has 5 heteroatoms. The summed E-state index contributed by atoms with van der Waals surface area (Å²) in [7, 11) is 3.36. The minimum atomic E-state index is 0. The van der Waals surface area contributed by atoms with Crippen LogP contribution in [0.15, 0.2) is 18.2 Å². The highest BCUT2D eigenvalue weighted by molar-refractivity contribution is 14.1. The number of methoxy groups -OCH3 is 2.